The van der Waals surface area contributed by atoms with Crippen molar-refractivity contribution in [2.24, 2.45) is 5.92 Å². The molecular formula is C10H15F2N3. The summed E-state index contributed by atoms with van der Waals surface area (Å²) in [5, 5.41) is 0. The zero-order valence-electron chi connectivity index (χ0n) is 8.71. The zero-order valence-corrected chi connectivity index (χ0v) is 8.71. The first-order valence-electron chi connectivity index (χ1n) is 5.16. The van der Waals surface area contributed by atoms with Gasteiger partial charge >= 0.3 is 0 Å². The van der Waals surface area contributed by atoms with Crippen molar-refractivity contribution in [3.05, 3.63) is 18.2 Å². The summed E-state index contributed by atoms with van der Waals surface area (Å²) in [5.74, 6) is -2.23. The zero-order chi connectivity index (χ0) is 10.9. The van der Waals surface area contributed by atoms with Crippen LogP contribution in [-0.2, 0) is 6.54 Å². The summed E-state index contributed by atoms with van der Waals surface area (Å²) in [7, 11) is 0. The molecule has 0 aliphatic carbocycles. The first kappa shape index (κ1) is 10.5. The van der Waals surface area contributed by atoms with Crippen molar-refractivity contribution < 1.29 is 8.78 Å². The van der Waals surface area contributed by atoms with E-state index in [4.69, 9.17) is 0 Å². The van der Waals surface area contributed by atoms with Crippen molar-refractivity contribution in [1.29, 1.82) is 0 Å². The van der Waals surface area contributed by atoms with Crippen LogP contribution >= 0.6 is 0 Å². The molecule has 0 unspecified atom stereocenters. The van der Waals surface area contributed by atoms with Crippen LogP contribution in [0.25, 0.3) is 0 Å². The van der Waals surface area contributed by atoms with Gasteiger partial charge in [0, 0.05) is 37.8 Å². The van der Waals surface area contributed by atoms with Gasteiger partial charge in [-0.3, -0.25) is 4.90 Å². The van der Waals surface area contributed by atoms with Crippen molar-refractivity contribution in [2.75, 3.05) is 13.1 Å². The van der Waals surface area contributed by atoms with Gasteiger partial charge in [-0.2, -0.15) is 0 Å². The summed E-state index contributed by atoms with van der Waals surface area (Å²) in [6.45, 7) is 3.12. The molecule has 84 valence electrons. The van der Waals surface area contributed by atoms with Gasteiger partial charge in [-0.25, -0.2) is 13.8 Å². The highest BCUT2D eigenvalue weighted by atomic mass is 19.3. The predicted molar refractivity (Wildman–Crippen MR) is 52.6 cm³/mol. The third-order valence-corrected chi connectivity index (χ3v) is 2.94. The Morgan fingerprint density at radius 1 is 1.67 bits per heavy atom. The lowest BCUT2D eigenvalue weighted by molar-refractivity contribution is -0.101. The Morgan fingerprint density at radius 3 is 3.07 bits per heavy atom. The normalized spacial score (nSPS) is 26.7. The Hall–Kier alpha value is -0.970. The van der Waals surface area contributed by atoms with Gasteiger partial charge in [0.15, 0.2) is 0 Å². The lowest BCUT2D eigenvalue weighted by atomic mass is 9.95. The van der Waals surface area contributed by atoms with Crippen molar-refractivity contribution >= 4 is 0 Å². The first-order valence-corrected chi connectivity index (χ1v) is 5.16. The van der Waals surface area contributed by atoms with Crippen LogP contribution in [-0.4, -0.2) is 33.9 Å². The smallest absolute Gasteiger partial charge is 0.253 e. The topological polar surface area (TPSA) is 31.9 Å². The van der Waals surface area contributed by atoms with Gasteiger partial charge < -0.3 is 4.98 Å². The minimum atomic E-state index is -2.50. The van der Waals surface area contributed by atoms with E-state index in [2.05, 4.69) is 9.97 Å². The van der Waals surface area contributed by atoms with Gasteiger partial charge in [-0.05, 0) is 0 Å². The summed E-state index contributed by atoms with van der Waals surface area (Å²) in [6.07, 6.45) is 3.38. The molecule has 15 heavy (non-hydrogen) atoms. The van der Waals surface area contributed by atoms with E-state index in [0.29, 0.717) is 19.6 Å². The fourth-order valence-corrected chi connectivity index (χ4v) is 1.91. The Labute approximate surface area is 87.5 Å². The third-order valence-electron chi connectivity index (χ3n) is 2.94. The van der Waals surface area contributed by atoms with E-state index in [-0.39, 0.29) is 6.42 Å². The third kappa shape index (κ3) is 2.34. The molecule has 5 heteroatoms. The van der Waals surface area contributed by atoms with Crippen LogP contribution in [0.5, 0.6) is 0 Å². The highest BCUT2D eigenvalue weighted by Crippen LogP contribution is 2.33. The fraction of sp³-hybridized carbons (Fsp3) is 0.700. The van der Waals surface area contributed by atoms with Gasteiger partial charge in [0.1, 0.15) is 5.82 Å². The number of aromatic amines is 1. The SMILES string of the molecule is C[C@@H]1CN(Cc2ncc[nH]2)CCC1(F)F. The fourth-order valence-electron chi connectivity index (χ4n) is 1.91. The number of alkyl halides is 2. The lowest BCUT2D eigenvalue weighted by Crippen LogP contribution is -2.45. The predicted octanol–water partition coefficient (Wildman–Crippen LogP) is 1.89. The Balaban J connectivity index is 1.92. The van der Waals surface area contributed by atoms with Crippen LogP contribution in [0, 0.1) is 5.92 Å². The molecule has 0 amide bonds. The molecule has 1 atom stereocenters. The van der Waals surface area contributed by atoms with Crippen LogP contribution in [0.4, 0.5) is 8.78 Å². The summed E-state index contributed by atoms with van der Waals surface area (Å²) >= 11 is 0. The van der Waals surface area contributed by atoms with E-state index in [1.54, 1.807) is 19.3 Å². The van der Waals surface area contributed by atoms with Gasteiger partial charge in [0.2, 0.25) is 0 Å². The molecule has 0 saturated carbocycles. The summed E-state index contributed by atoms with van der Waals surface area (Å²) in [4.78, 5) is 9.08. The average Bonchev–Trinajstić information content (AvgIpc) is 2.65. The number of halogens is 2. The van der Waals surface area contributed by atoms with Crippen LogP contribution in [0.15, 0.2) is 12.4 Å². The van der Waals surface area contributed by atoms with Crippen molar-refractivity contribution in [1.82, 2.24) is 14.9 Å². The number of likely N-dealkylation sites (tertiary alicyclic amines) is 1. The average molecular weight is 215 g/mol. The summed E-state index contributed by atoms with van der Waals surface area (Å²) < 4.78 is 26.4. The molecule has 0 aromatic carbocycles. The highest BCUT2D eigenvalue weighted by molar-refractivity contribution is 4.90. The molecule has 2 heterocycles. The van der Waals surface area contributed by atoms with Crippen LogP contribution in [0.1, 0.15) is 19.2 Å². The second-order valence-corrected chi connectivity index (χ2v) is 4.18. The number of hydrogen-bond acceptors (Lipinski definition) is 2. The number of nitrogens with zero attached hydrogens (tertiary/aromatic N) is 2. The van der Waals surface area contributed by atoms with Crippen molar-refractivity contribution in [3.8, 4) is 0 Å². The van der Waals surface area contributed by atoms with Crippen molar-refractivity contribution in [2.45, 2.75) is 25.8 Å². The van der Waals surface area contributed by atoms with Crippen LogP contribution in [0.2, 0.25) is 0 Å². The number of nitrogens with one attached hydrogen (secondary N) is 1. The van der Waals surface area contributed by atoms with Gasteiger partial charge in [-0.1, -0.05) is 6.92 Å². The Kier molecular flexibility index (Phi) is 2.73. The van der Waals surface area contributed by atoms with Crippen LogP contribution < -0.4 is 0 Å². The molecule has 1 aromatic rings. The number of aromatic nitrogens is 2. The molecule has 1 aliphatic heterocycles. The van der Waals surface area contributed by atoms with E-state index in [1.807, 2.05) is 4.90 Å². The molecule has 0 radical (unpaired) electrons. The van der Waals surface area contributed by atoms with E-state index in [1.165, 1.54) is 0 Å². The summed E-state index contributed by atoms with van der Waals surface area (Å²) in [6, 6.07) is 0. The second kappa shape index (κ2) is 3.89. The number of imidazole rings is 1. The van der Waals surface area contributed by atoms with E-state index < -0.39 is 11.8 Å². The molecular weight excluding hydrogens is 200 g/mol. The van der Waals surface area contributed by atoms with Gasteiger partial charge in [0.25, 0.3) is 5.92 Å². The van der Waals surface area contributed by atoms with E-state index in [0.717, 1.165) is 5.82 Å². The Bertz CT molecular complexity index is 310. The molecule has 0 spiro atoms. The monoisotopic (exact) mass is 215 g/mol. The molecule has 2 rings (SSSR count). The van der Waals surface area contributed by atoms with Gasteiger partial charge in [-0.15, -0.1) is 0 Å². The van der Waals surface area contributed by atoms with E-state index >= 15 is 0 Å². The minimum absolute atomic E-state index is 0.0468. The molecule has 1 aliphatic rings. The van der Waals surface area contributed by atoms with E-state index in [9.17, 15) is 8.78 Å². The first-order chi connectivity index (χ1) is 7.08. The number of H-pyrrole nitrogens is 1. The maximum absolute atomic E-state index is 13.2. The molecule has 1 saturated heterocycles. The van der Waals surface area contributed by atoms with Crippen molar-refractivity contribution in [3.63, 3.8) is 0 Å². The quantitative estimate of drug-likeness (QED) is 0.817. The molecule has 1 aromatic heterocycles. The molecule has 0 bridgehead atoms. The minimum Gasteiger partial charge on any atom is -0.348 e. The standard InChI is InChI=1S/C10H15F2N3/c1-8-6-15(5-2-10(8,11)12)7-9-13-3-4-14-9/h3-4,8H,2,5-7H2,1H3,(H,13,14)/t8-/m1/s1. The molecule has 1 N–H and O–H groups in total. The highest BCUT2D eigenvalue weighted by Gasteiger charge is 2.40. The summed E-state index contributed by atoms with van der Waals surface area (Å²) in [5.41, 5.74) is 0. The number of piperidine rings is 1. The molecule has 1 fully saturated rings. The van der Waals surface area contributed by atoms with Gasteiger partial charge in [0.05, 0.1) is 6.54 Å². The Morgan fingerprint density at radius 2 is 2.47 bits per heavy atom. The lowest BCUT2D eigenvalue weighted by Gasteiger charge is -2.36. The van der Waals surface area contributed by atoms with Crippen LogP contribution in [0.3, 0.4) is 0 Å². The second-order valence-electron chi connectivity index (χ2n) is 4.18. The molecule has 3 nitrogen and oxygen atoms in total. The number of rotatable bonds is 2. The largest absolute Gasteiger partial charge is 0.348 e. The number of hydrogen-bond donors (Lipinski definition) is 1. The maximum atomic E-state index is 13.2. The maximum Gasteiger partial charge on any atom is 0.253 e.